The lowest BCUT2D eigenvalue weighted by atomic mass is 10.0. The van der Waals surface area contributed by atoms with E-state index in [2.05, 4.69) is 0 Å². The molecule has 1 nitrogen and oxygen atoms in total. The van der Waals surface area contributed by atoms with Crippen LogP contribution in [-0.2, 0) is 0 Å². The van der Waals surface area contributed by atoms with Gasteiger partial charge in [-0.15, -0.1) is 0 Å². The monoisotopic (exact) mass is 249 g/mol. The van der Waals surface area contributed by atoms with Crippen LogP contribution in [-0.4, -0.2) is 0 Å². The zero-order chi connectivity index (χ0) is 12.4. The molecule has 0 aliphatic carbocycles. The molecule has 84 valence electrons. The van der Waals surface area contributed by atoms with Gasteiger partial charge in [-0.2, -0.15) is 5.26 Å². The summed E-state index contributed by atoms with van der Waals surface area (Å²) in [5, 5.41) is 9.01. The maximum absolute atomic E-state index is 13.1. The van der Waals surface area contributed by atoms with Crippen LogP contribution in [0.25, 0.3) is 11.1 Å². The van der Waals surface area contributed by atoms with Gasteiger partial charge in [0.25, 0.3) is 0 Å². The third-order valence-corrected chi connectivity index (χ3v) is 2.64. The normalized spacial score (nSPS) is 10.0. The largest absolute Gasteiger partial charge is 0.204 e. The highest BCUT2D eigenvalue weighted by atomic mass is 35.5. The summed E-state index contributed by atoms with van der Waals surface area (Å²) in [6.45, 7) is 0. The van der Waals surface area contributed by atoms with Crippen LogP contribution in [0.5, 0.6) is 0 Å². The highest BCUT2D eigenvalue weighted by molar-refractivity contribution is 6.33. The van der Waals surface area contributed by atoms with Crippen LogP contribution in [0, 0.1) is 23.0 Å². The zero-order valence-corrected chi connectivity index (χ0v) is 9.30. The van der Waals surface area contributed by atoms with Gasteiger partial charge in [-0.3, -0.25) is 0 Å². The minimum Gasteiger partial charge on any atom is -0.204 e. The second kappa shape index (κ2) is 4.52. The van der Waals surface area contributed by atoms with Crippen LogP contribution >= 0.6 is 11.6 Å². The summed E-state index contributed by atoms with van der Waals surface area (Å²) in [6.07, 6.45) is 0. The third kappa shape index (κ3) is 2.27. The lowest BCUT2D eigenvalue weighted by molar-refractivity contribution is 0.509. The first-order chi connectivity index (χ1) is 8.11. The van der Waals surface area contributed by atoms with Gasteiger partial charge >= 0.3 is 0 Å². The highest BCUT2D eigenvalue weighted by Gasteiger charge is 2.08. The zero-order valence-electron chi connectivity index (χ0n) is 8.55. The Morgan fingerprint density at radius 1 is 1.00 bits per heavy atom. The topological polar surface area (TPSA) is 23.8 Å². The Kier molecular flexibility index (Phi) is 3.08. The molecule has 17 heavy (non-hydrogen) atoms. The lowest BCUT2D eigenvalue weighted by Gasteiger charge is -2.05. The van der Waals surface area contributed by atoms with Crippen molar-refractivity contribution in [3.8, 4) is 17.2 Å². The van der Waals surface area contributed by atoms with Crippen LogP contribution < -0.4 is 0 Å². The molecule has 4 heteroatoms. The minimum absolute atomic E-state index is 0.329. The fourth-order valence-corrected chi connectivity index (χ4v) is 1.77. The van der Waals surface area contributed by atoms with Crippen molar-refractivity contribution in [2.24, 2.45) is 0 Å². The number of halogens is 3. The molecule has 0 radical (unpaired) electrons. The van der Waals surface area contributed by atoms with E-state index in [1.54, 1.807) is 12.1 Å². The molecule has 0 heterocycles. The molecule has 0 aromatic heterocycles. The first-order valence-electron chi connectivity index (χ1n) is 4.77. The molecule has 2 aromatic rings. The van der Waals surface area contributed by atoms with Crippen molar-refractivity contribution in [1.29, 1.82) is 5.26 Å². The van der Waals surface area contributed by atoms with Crippen molar-refractivity contribution in [2.45, 2.75) is 0 Å². The predicted molar refractivity (Wildman–Crippen MR) is 61.5 cm³/mol. The van der Waals surface area contributed by atoms with Crippen molar-refractivity contribution in [1.82, 2.24) is 0 Å². The highest BCUT2D eigenvalue weighted by Crippen LogP contribution is 2.29. The SMILES string of the molecule is N#Cc1ccc(-c2ccc(F)c(F)c2)c(Cl)c1. The van der Waals surface area contributed by atoms with Gasteiger partial charge in [0.2, 0.25) is 0 Å². The number of hydrogen-bond acceptors (Lipinski definition) is 1. The maximum atomic E-state index is 13.1. The number of nitrogens with zero attached hydrogens (tertiary/aromatic N) is 1. The lowest BCUT2D eigenvalue weighted by Crippen LogP contribution is -1.87. The van der Waals surface area contributed by atoms with E-state index in [4.69, 9.17) is 16.9 Å². The Hall–Kier alpha value is -1.92. The molecule has 0 aliphatic heterocycles. The van der Waals surface area contributed by atoms with E-state index >= 15 is 0 Å². The fourth-order valence-electron chi connectivity index (χ4n) is 1.48. The Balaban J connectivity index is 2.54. The Bertz CT molecular complexity index is 617. The molecule has 0 amide bonds. The van der Waals surface area contributed by atoms with Gasteiger partial charge in [0.1, 0.15) is 0 Å². The number of benzene rings is 2. The average molecular weight is 250 g/mol. The van der Waals surface area contributed by atoms with Gasteiger partial charge < -0.3 is 0 Å². The summed E-state index contributed by atoms with van der Waals surface area (Å²) in [5.74, 6) is -1.83. The van der Waals surface area contributed by atoms with Gasteiger partial charge in [0, 0.05) is 10.6 Å². The molecular formula is C13H6ClF2N. The van der Waals surface area contributed by atoms with E-state index in [1.807, 2.05) is 6.07 Å². The van der Waals surface area contributed by atoms with Crippen molar-refractivity contribution in [3.05, 3.63) is 58.6 Å². The van der Waals surface area contributed by atoms with E-state index in [0.717, 1.165) is 12.1 Å². The van der Waals surface area contributed by atoms with E-state index in [0.29, 0.717) is 21.7 Å². The van der Waals surface area contributed by atoms with Crippen LogP contribution in [0.4, 0.5) is 8.78 Å². The number of rotatable bonds is 1. The fraction of sp³-hybridized carbons (Fsp3) is 0. The van der Waals surface area contributed by atoms with Crippen LogP contribution in [0.2, 0.25) is 5.02 Å². The van der Waals surface area contributed by atoms with Gasteiger partial charge in [0.15, 0.2) is 11.6 Å². The molecule has 0 atom stereocenters. The van der Waals surface area contributed by atoms with E-state index in [1.165, 1.54) is 12.1 Å². The summed E-state index contributed by atoms with van der Waals surface area (Å²) in [7, 11) is 0. The predicted octanol–water partition coefficient (Wildman–Crippen LogP) is 4.16. The molecule has 0 fully saturated rings. The summed E-state index contributed by atoms with van der Waals surface area (Å²) in [4.78, 5) is 0. The second-order valence-corrected chi connectivity index (χ2v) is 3.84. The average Bonchev–Trinajstić information content (AvgIpc) is 2.32. The maximum Gasteiger partial charge on any atom is 0.159 e. The Morgan fingerprint density at radius 2 is 1.76 bits per heavy atom. The summed E-state index contributed by atoms with van der Waals surface area (Å²) in [6, 6.07) is 10.2. The molecule has 2 rings (SSSR count). The number of hydrogen-bond donors (Lipinski definition) is 0. The van der Waals surface area contributed by atoms with Crippen molar-refractivity contribution < 1.29 is 8.78 Å². The van der Waals surface area contributed by atoms with Crippen molar-refractivity contribution in [2.75, 3.05) is 0 Å². The second-order valence-electron chi connectivity index (χ2n) is 3.44. The van der Waals surface area contributed by atoms with Gasteiger partial charge in [-0.25, -0.2) is 8.78 Å². The third-order valence-electron chi connectivity index (χ3n) is 2.33. The van der Waals surface area contributed by atoms with Crippen LogP contribution in [0.15, 0.2) is 36.4 Å². The van der Waals surface area contributed by atoms with E-state index in [-0.39, 0.29) is 0 Å². The molecule has 0 saturated heterocycles. The molecule has 0 spiro atoms. The van der Waals surface area contributed by atoms with Gasteiger partial charge in [-0.1, -0.05) is 23.7 Å². The molecule has 0 aliphatic rings. The van der Waals surface area contributed by atoms with E-state index in [9.17, 15) is 8.78 Å². The van der Waals surface area contributed by atoms with Crippen LogP contribution in [0.1, 0.15) is 5.56 Å². The number of nitriles is 1. The summed E-state index contributed by atoms with van der Waals surface area (Å²) in [5.41, 5.74) is 1.45. The van der Waals surface area contributed by atoms with Crippen molar-refractivity contribution in [3.63, 3.8) is 0 Å². The molecule has 0 bridgehead atoms. The first kappa shape index (κ1) is 11.6. The molecular weight excluding hydrogens is 244 g/mol. The van der Waals surface area contributed by atoms with E-state index < -0.39 is 11.6 Å². The molecule has 0 N–H and O–H groups in total. The Labute approximate surface area is 102 Å². The van der Waals surface area contributed by atoms with Gasteiger partial charge in [-0.05, 0) is 29.8 Å². The summed E-state index contributed by atoms with van der Waals surface area (Å²) < 4.78 is 25.9. The van der Waals surface area contributed by atoms with Crippen molar-refractivity contribution >= 4 is 11.6 Å². The molecule has 2 aromatic carbocycles. The van der Waals surface area contributed by atoms with Gasteiger partial charge in [0.05, 0.1) is 11.6 Å². The Morgan fingerprint density at radius 3 is 2.35 bits per heavy atom. The molecule has 0 unspecified atom stereocenters. The minimum atomic E-state index is -0.928. The smallest absolute Gasteiger partial charge is 0.159 e. The quantitative estimate of drug-likeness (QED) is 0.745. The summed E-state index contributed by atoms with van der Waals surface area (Å²) >= 11 is 5.97. The standard InChI is InChI=1S/C13H6ClF2N/c14-11-5-8(7-17)1-3-10(11)9-2-4-12(15)13(16)6-9/h1-6H. The molecule has 0 saturated carbocycles. The first-order valence-corrected chi connectivity index (χ1v) is 5.14. The van der Waals surface area contributed by atoms with Crippen LogP contribution in [0.3, 0.4) is 0 Å².